The van der Waals surface area contributed by atoms with Gasteiger partial charge >= 0.3 is 0 Å². The number of hydrogen-bond donors (Lipinski definition) is 2. The fraction of sp³-hybridized carbons (Fsp3) is 0.500. The summed E-state index contributed by atoms with van der Waals surface area (Å²) in [5, 5.41) is 12.9. The van der Waals surface area contributed by atoms with Crippen LogP contribution in [0.15, 0.2) is 6.33 Å². The van der Waals surface area contributed by atoms with Gasteiger partial charge in [-0.15, -0.1) is 0 Å². The number of fused-ring (bicyclic) bond motifs is 1. The third-order valence-corrected chi connectivity index (χ3v) is 3.92. The number of nitrogens with two attached hydrogens (primary N) is 1. The number of anilines is 1. The van der Waals surface area contributed by atoms with Gasteiger partial charge in [0, 0.05) is 17.2 Å². The molecule has 6 nitrogen and oxygen atoms in total. The minimum atomic E-state index is -0.0746. The fourth-order valence-corrected chi connectivity index (χ4v) is 3.06. The number of aliphatic hydroxyl groups excluding tert-OH is 1. The van der Waals surface area contributed by atoms with Crippen LogP contribution < -0.4 is 5.73 Å². The van der Waals surface area contributed by atoms with Crippen LogP contribution in [-0.4, -0.2) is 31.3 Å². The standard InChI is InChI=1S/C14H17N5O/c1-9-12(11-5-4-10(7-11)3-2-6-20)13(15)19-14(18-9)16-8-17-19/h8,10-11,20H,4-7,15H2,1H3. The van der Waals surface area contributed by atoms with Gasteiger partial charge in [0.2, 0.25) is 0 Å². The molecule has 1 aliphatic carbocycles. The normalized spacial score (nSPS) is 21.9. The van der Waals surface area contributed by atoms with Gasteiger partial charge in [0.05, 0.1) is 0 Å². The summed E-state index contributed by atoms with van der Waals surface area (Å²) in [4.78, 5) is 8.54. The molecule has 0 aliphatic heterocycles. The lowest BCUT2D eigenvalue weighted by molar-refractivity contribution is 0.350. The Morgan fingerprint density at radius 3 is 3.15 bits per heavy atom. The second-order valence-corrected chi connectivity index (χ2v) is 5.15. The second kappa shape index (κ2) is 5.10. The molecule has 0 amide bonds. The highest BCUT2D eigenvalue weighted by Gasteiger charge is 2.29. The van der Waals surface area contributed by atoms with E-state index >= 15 is 0 Å². The molecule has 6 heteroatoms. The molecule has 2 heterocycles. The summed E-state index contributed by atoms with van der Waals surface area (Å²) in [7, 11) is 0. The van der Waals surface area contributed by atoms with Gasteiger partial charge in [-0.3, -0.25) is 0 Å². The monoisotopic (exact) mass is 271 g/mol. The molecule has 2 unspecified atom stereocenters. The highest BCUT2D eigenvalue weighted by molar-refractivity contribution is 5.51. The Bertz CT molecular complexity index is 697. The summed E-state index contributed by atoms with van der Waals surface area (Å²) in [5.74, 6) is 7.71. The zero-order valence-corrected chi connectivity index (χ0v) is 11.4. The summed E-state index contributed by atoms with van der Waals surface area (Å²) in [5.41, 5.74) is 8.22. The van der Waals surface area contributed by atoms with Gasteiger partial charge in [-0.05, 0) is 32.1 Å². The van der Waals surface area contributed by atoms with Crippen molar-refractivity contribution in [3.05, 3.63) is 17.6 Å². The summed E-state index contributed by atoms with van der Waals surface area (Å²) >= 11 is 0. The maximum atomic E-state index is 8.77. The lowest BCUT2D eigenvalue weighted by Gasteiger charge is -2.15. The van der Waals surface area contributed by atoms with Crippen molar-refractivity contribution < 1.29 is 5.11 Å². The molecular weight excluding hydrogens is 254 g/mol. The van der Waals surface area contributed by atoms with Crippen molar-refractivity contribution in [1.29, 1.82) is 0 Å². The third kappa shape index (κ3) is 2.10. The number of aromatic nitrogens is 4. The highest BCUT2D eigenvalue weighted by atomic mass is 16.2. The van der Waals surface area contributed by atoms with Crippen LogP contribution in [0.4, 0.5) is 5.82 Å². The summed E-state index contributed by atoms with van der Waals surface area (Å²) in [6.45, 7) is 1.89. The lowest BCUT2D eigenvalue weighted by atomic mass is 9.95. The van der Waals surface area contributed by atoms with Crippen molar-refractivity contribution in [2.24, 2.45) is 5.92 Å². The van der Waals surface area contributed by atoms with Gasteiger partial charge in [0.15, 0.2) is 0 Å². The maximum Gasteiger partial charge on any atom is 0.254 e. The molecule has 3 N–H and O–H groups in total. The number of rotatable bonds is 1. The predicted octanol–water partition coefficient (Wildman–Crippen LogP) is 0.894. The van der Waals surface area contributed by atoms with Crippen molar-refractivity contribution in [2.75, 3.05) is 12.3 Å². The maximum absolute atomic E-state index is 8.77. The molecule has 2 atom stereocenters. The van der Waals surface area contributed by atoms with E-state index in [2.05, 4.69) is 26.9 Å². The molecule has 1 fully saturated rings. The highest BCUT2D eigenvalue weighted by Crippen LogP contribution is 2.41. The summed E-state index contributed by atoms with van der Waals surface area (Å²) in [6.07, 6.45) is 4.50. The van der Waals surface area contributed by atoms with Gasteiger partial charge < -0.3 is 10.8 Å². The van der Waals surface area contributed by atoms with Crippen LogP contribution in [0.25, 0.3) is 5.78 Å². The molecule has 104 valence electrons. The van der Waals surface area contributed by atoms with Crippen LogP contribution in [0, 0.1) is 24.7 Å². The van der Waals surface area contributed by atoms with Gasteiger partial charge in [-0.25, -0.2) is 4.98 Å². The molecule has 0 bridgehead atoms. The molecule has 0 aromatic carbocycles. The lowest BCUT2D eigenvalue weighted by Crippen LogP contribution is -2.11. The van der Waals surface area contributed by atoms with Crippen molar-refractivity contribution in [1.82, 2.24) is 19.6 Å². The molecule has 2 aromatic heterocycles. The molecule has 3 rings (SSSR count). The molecular formula is C14H17N5O. The quantitative estimate of drug-likeness (QED) is 0.752. The molecule has 20 heavy (non-hydrogen) atoms. The van der Waals surface area contributed by atoms with Crippen LogP contribution in [0.5, 0.6) is 0 Å². The Morgan fingerprint density at radius 1 is 1.50 bits per heavy atom. The first-order chi connectivity index (χ1) is 9.70. The summed E-state index contributed by atoms with van der Waals surface area (Å²) in [6, 6.07) is 0. The van der Waals surface area contributed by atoms with E-state index in [4.69, 9.17) is 10.8 Å². The molecule has 0 saturated heterocycles. The topological polar surface area (TPSA) is 89.3 Å². The van der Waals surface area contributed by atoms with Crippen LogP contribution in [0.2, 0.25) is 0 Å². The Kier molecular flexibility index (Phi) is 3.28. The number of aryl methyl sites for hydroxylation is 1. The van der Waals surface area contributed by atoms with Crippen molar-refractivity contribution in [3.63, 3.8) is 0 Å². The van der Waals surface area contributed by atoms with E-state index < -0.39 is 0 Å². The van der Waals surface area contributed by atoms with Crippen molar-refractivity contribution >= 4 is 11.6 Å². The van der Waals surface area contributed by atoms with E-state index in [-0.39, 0.29) is 6.61 Å². The van der Waals surface area contributed by atoms with Crippen LogP contribution in [0.1, 0.15) is 36.4 Å². The fourth-order valence-electron chi connectivity index (χ4n) is 3.06. The summed E-state index contributed by atoms with van der Waals surface area (Å²) < 4.78 is 1.59. The average molecular weight is 271 g/mol. The number of nitrogens with zero attached hydrogens (tertiary/aromatic N) is 4. The Balaban J connectivity index is 1.95. The zero-order chi connectivity index (χ0) is 14.1. The number of aliphatic hydroxyl groups is 1. The Hall–Kier alpha value is -2.13. The van der Waals surface area contributed by atoms with Crippen LogP contribution in [0.3, 0.4) is 0 Å². The molecule has 0 radical (unpaired) electrons. The smallest absolute Gasteiger partial charge is 0.254 e. The van der Waals surface area contributed by atoms with Crippen molar-refractivity contribution in [2.45, 2.75) is 32.1 Å². The van der Waals surface area contributed by atoms with Gasteiger partial charge in [-0.2, -0.15) is 14.6 Å². The van der Waals surface area contributed by atoms with Crippen LogP contribution in [-0.2, 0) is 0 Å². The predicted molar refractivity (Wildman–Crippen MR) is 74.9 cm³/mol. The van der Waals surface area contributed by atoms with E-state index in [0.29, 0.717) is 23.4 Å². The SMILES string of the molecule is Cc1nc2ncnn2c(N)c1C1CCC(C#CCO)C1. The molecule has 2 aromatic rings. The van der Waals surface area contributed by atoms with E-state index in [0.717, 1.165) is 30.5 Å². The molecule has 1 aliphatic rings. The van der Waals surface area contributed by atoms with Gasteiger partial charge in [0.25, 0.3) is 5.78 Å². The molecule has 1 saturated carbocycles. The first-order valence-corrected chi connectivity index (χ1v) is 6.75. The largest absolute Gasteiger partial charge is 0.384 e. The van der Waals surface area contributed by atoms with E-state index in [1.54, 1.807) is 4.52 Å². The minimum absolute atomic E-state index is 0.0746. The zero-order valence-electron chi connectivity index (χ0n) is 11.4. The first-order valence-electron chi connectivity index (χ1n) is 6.75. The second-order valence-electron chi connectivity index (χ2n) is 5.15. The number of hydrogen-bond acceptors (Lipinski definition) is 5. The first kappa shape index (κ1) is 12.9. The van der Waals surface area contributed by atoms with E-state index in [1.807, 2.05) is 6.92 Å². The van der Waals surface area contributed by atoms with E-state index in [1.165, 1.54) is 6.33 Å². The number of nitrogen functional groups attached to an aromatic ring is 1. The van der Waals surface area contributed by atoms with Gasteiger partial charge in [-0.1, -0.05) is 11.8 Å². The minimum Gasteiger partial charge on any atom is -0.384 e. The Labute approximate surface area is 117 Å². The molecule has 0 spiro atoms. The van der Waals surface area contributed by atoms with Crippen LogP contribution >= 0.6 is 0 Å². The van der Waals surface area contributed by atoms with Crippen molar-refractivity contribution in [3.8, 4) is 11.8 Å². The Morgan fingerprint density at radius 2 is 2.35 bits per heavy atom. The third-order valence-electron chi connectivity index (χ3n) is 3.92. The van der Waals surface area contributed by atoms with Gasteiger partial charge in [0.1, 0.15) is 18.8 Å². The van der Waals surface area contributed by atoms with E-state index in [9.17, 15) is 0 Å². The average Bonchev–Trinajstić information content (AvgIpc) is 3.05.